The Balaban J connectivity index is 3.31. The zero-order valence-corrected chi connectivity index (χ0v) is 13.6. The average molecular weight is 373 g/mol. The van der Waals surface area contributed by atoms with E-state index in [1.807, 2.05) is 6.92 Å². The molecule has 0 aromatic carbocycles. The summed E-state index contributed by atoms with van der Waals surface area (Å²) in [4.78, 5) is 11.9. The van der Waals surface area contributed by atoms with Gasteiger partial charge in [-0.1, -0.05) is 58.0 Å². The van der Waals surface area contributed by atoms with Crippen molar-refractivity contribution in [3.05, 3.63) is 11.6 Å². The van der Waals surface area contributed by atoms with Gasteiger partial charge in [-0.15, -0.1) is 11.6 Å². The van der Waals surface area contributed by atoms with Crippen LogP contribution in [0.4, 0.5) is 5.95 Å². The highest BCUT2D eigenvalue weighted by molar-refractivity contribution is 6.66. The molecule has 0 spiro atoms. The first-order valence-corrected chi connectivity index (χ1v) is 7.14. The number of anilines is 1. The Hall–Kier alpha value is 0.550. The predicted molar refractivity (Wildman–Crippen MR) is 77.3 cm³/mol. The molecule has 0 aliphatic rings. The van der Waals surface area contributed by atoms with Crippen molar-refractivity contribution in [1.82, 2.24) is 15.0 Å². The fourth-order valence-corrected chi connectivity index (χ4v) is 1.51. The first kappa shape index (κ1) is 16.6. The summed E-state index contributed by atoms with van der Waals surface area (Å²) in [5, 5.41) is 2.86. The molecule has 1 heterocycles. The predicted octanol–water partition coefficient (Wildman–Crippen LogP) is 4.00. The summed E-state index contributed by atoms with van der Waals surface area (Å²) in [6.07, 6.45) is 0. The highest BCUT2D eigenvalue weighted by Crippen LogP contribution is 2.38. The Labute approximate surface area is 134 Å². The van der Waals surface area contributed by atoms with Crippen molar-refractivity contribution >= 4 is 75.6 Å². The van der Waals surface area contributed by atoms with E-state index in [-0.39, 0.29) is 23.5 Å². The molecule has 0 saturated carbocycles. The van der Waals surface area contributed by atoms with Crippen molar-refractivity contribution in [1.29, 1.82) is 0 Å². The van der Waals surface area contributed by atoms with Gasteiger partial charge in [0, 0.05) is 6.54 Å². The minimum Gasteiger partial charge on any atom is -0.354 e. The molecule has 0 bridgehead atoms. The number of halogens is 6. The second-order valence-corrected chi connectivity index (χ2v) is 7.20. The first-order valence-electron chi connectivity index (χ1n) is 4.72. The number of nitrogens with zero attached hydrogens (tertiary/aromatic N) is 3. The fraction of sp³-hybridized carbons (Fsp3) is 0.625. The van der Waals surface area contributed by atoms with Gasteiger partial charge in [0.05, 0.1) is 5.88 Å². The van der Waals surface area contributed by atoms with E-state index in [2.05, 4.69) is 20.3 Å². The molecular weight excluding hydrogens is 365 g/mol. The monoisotopic (exact) mass is 370 g/mol. The van der Waals surface area contributed by atoms with E-state index < -0.39 is 8.13 Å². The molecule has 0 fully saturated rings. The number of rotatable bonds is 4. The lowest BCUT2D eigenvalue weighted by Gasteiger charge is -2.18. The van der Waals surface area contributed by atoms with Crippen LogP contribution in [0.2, 0.25) is 0 Å². The van der Waals surface area contributed by atoms with E-state index in [9.17, 15) is 0 Å². The molecule has 4 nitrogen and oxygen atoms in total. The molecule has 102 valence electrons. The van der Waals surface area contributed by atoms with Crippen LogP contribution in [0.25, 0.3) is 0 Å². The Morgan fingerprint density at radius 2 is 1.56 bits per heavy atom. The molecule has 0 amide bonds. The molecule has 0 aliphatic carbocycles. The van der Waals surface area contributed by atoms with Crippen LogP contribution in [-0.2, 0) is 8.13 Å². The molecular formula is C8H8Cl6N4. The van der Waals surface area contributed by atoms with Gasteiger partial charge in [0.15, 0.2) is 16.0 Å². The van der Waals surface area contributed by atoms with Gasteiger partial charge >= 0.3 is 0 Å². The zero-order chi connectivity index (χ0) is 14.0. The van der Waals surface area contributed by atoms with Crippen LogP contribution in [0.3, 0.4) is 0 Å². The van der Waals surface area contributed by atoms with Gasteiger partial charge in [0.1, 0.15) is 0 Å². The zero-order valence-electron chi connectivity index (χ0n) is 9.02. The highest BCUT2D eigenvalue weighted by atomic mass is 35.6. The smallest absolute Gasteiger partial charge is 0.250 e. The maximum Gasteiger partial charge on any atom is 0.250 e. The van der Waals surface area contributed by atoms with Crippen molar-refractivity contribution in [2.75, 3.05) is 17.7 Å². The van der Waals surface area contributed by atoms with Crippen molar-refractivity contribution < 1.29 is 0 Å². The van der Waals surface area contributed by atoms with E-state index in [1.165, 1.54) is 0 Å². The summed E-state index contributed by atoms with van der Waals surface area (Å²) < 4.78 is -3.29. The molecule has 0 aliphatic heterocycles. The van der Waals surface area contributed by atoms with Gasteiger partial charge in [-0.05, 0) is 6.92 Å². The summed E-state index contributed by atoms with van der Waals surface area (Å²) >= 11 is 34.7. The molecule has 0 atom stereocenters. The largest absolute Gasteiger partial charge is 0.354 e. The van der Waals surface area contributed by atoms with Gasteiger partial charge in [0.2, 0.25) is 9.74 Å². The number of nitrogens with one attached hydrogen (secondary N) is 1. The van der Waals surface area contributed by atoms with Crippen molar-refractivity contribution in [2.24, 2.45) is 0 Å². The van der Waals surface area contributed by atoms with Crippen LogP contribution in [-0.4, -0.2) is 27.4 Å². The fourth-order valence-electron chi connectivity index (χ4n) is 0.963. The maximum absolute atomic E-state index is 5.96. The summed E-state index contributed by atoms with van der Waals surface area (Å²) in [6.45, 7) is 2.43. The van der Waals surface area contributed by atoms with Crippen LogP contribution < -0.4 is 5.32 Å². The number of alkyl halides is 6. The molecule has 1 N–H and O–H groups in total. The quantitative estimate of drug-likeness (QED) is 0.811. The van der Waals surface area contributed by atoms with Crippen LogP contribution >= 0.6 is 69.6 Å². The van der Waals surface area contributed by atoms with Gasteiger partial charge in [-0.25, -0.2) is 4.98 Å². The molecule has 18 heavy (non-hydrogen) atoms. The van der Waals surface area contributed by atoms with E-state index in [0.29, 0.717) is 6.54 Å². The minimum atomic E-state index is -1.81. The lowest BCUT2D eigenvalue weighted by Crippen LogP contribution is -2.22. The van der Waals surface area contributed by atoms with E-state index in [4.69, 9.17) is 69.6 Å². The van der Waals surface area contributed by atoms with Crippen LogP contribution in [0.1, 0.15) is 18.6 Å². The van der Waals surface area contributed by atoms with Crippen molar-refractivity contribution in [3.63, 3.8) is 0 Å². The minimum absolute atomic E-state index is 0.0214. The third kappa shape index (κ3) is 4.29. The summed E-state index contributed by atoms with van der Waals surface area (Å²) in [7, 11) is 0. The lowest BCUT2D eigenvalue weighted by molar-refractivity contribution is 0.787. The van der Waals surface area contributed by atoms with E-state index in [1.54, 1.807) is 0 Å². The maximum atomic E-state index is 5.96. The van der Waals surface area contributed by atoms with Crippen LogP contribution in [0.5, 0.6) is 0 Å². The van der Waals surface area contributed by atoms with Crippen molar-refractivity contribution in [3.8, 4) is 0 Å². The number of hydrogen-bond donors (Lipinski definition) is 1. The Kier molecular flexibility index (Phi) is 5.84. The number of aromatic nitrogens is 3. The first-order chi connectivity index (χ1) is 8.20. The summed E-state index contributed by atoms with van der Waals surface area (Å²) in [6, 6.07) is 0. The molecule has 10 heteroatoms. The Morgan fingerprint density at radius 1 is 1.00 bits per heavy atom. The summed E-state index contributed by atoms with van der Waals surface area (Å²) in [5.74, 6) is 0.0299. The molecule has 0 saturated heterocycles. The molecule has 1 aromatic rings. The standard InChI is InChI=1S/C8H8Cl6N4/c1-2-15-6-17-4(7(10,11)3-9)16-5(18-6)8(12,13)14/h2-3H2,1H3,(H,15,16,17,18). The summed E-state index contributed by atoms with van der Waals surface area (Å²) in [5.41, 5.74) is 0. The Morgan fingerprint density at radius 3 is 2.00 bits per heavy atom. The van der Waals surface area contributed by atoms with Crippen LogP contribution in [0.15, 0.2) is 0 Å². The molecule has 0 unspecified atom stereocenters. The topological polar surface area (TPSA) is 50.7 Å². The van der Waals surface area contributed by atoms with Crippen molar-refractivity contribution in [2.45, 2.75) is 15.0 Å². The Bertz CT molecular complexity index is 419. The second kappa shape index (κ2) is 6.33. The molecule has 0 radical (unpaired) electrons. The average Bonchev–Trinajstić information content (AvgIpc) is 2.28. The lowest BCUT2D eigenvalue weighted by atomic mass is 10.4. The number of hydrogen-bond acceptors (Lipinski definition) is 4. The SMILES string of the molecule is CCNc1nc(C(Cl)(Cl)Cl)nc(C(Cl)(Cl)CCl)n1. The van der Waals surface area contributed by atoms with Gasteiger partial charge in [0.25, 0.3) is 0 Å². The van der Waals surface area contributed by atoms with Gasteiger partial charge < -0.3 is 5.32 Å². The third-order valence-corrected chi connectivity index (χ3v) is 3.51. The third-order valence-electron chi connectivity index (χ3n) is 1.72. The van der Waals surface area contributed by atoms with Gasteiger partial charge in [-0.3, -0.25) is 0 Å². The van der Waals surface area contributed by atoms with Crippen LogP contribution in [0, 0.1) is 0 Å². The second-order valence-electron chi connectivity index (χ2n) is 3.17. The molecule has 1 rings (SSSR count). The van der Waals surface area contributed by atoms with E-state index >= 15 is 0 Å². The van der Waals surface area contributed by atoms with E-state index in [0.717, 1.165) is 0 Å². The normalized spacial score (nSPS) is 12.6. The van der Waals surface area contributed by atoms with Gasteiger partial charge in [-0.2, -0.15) is 9.97 Å². The molecule has 1 aromatic heterocycles. The highest BCUT2D eigenvalue weighted by Gasteiger charge is 2.34.